The van der Waals surface area contributed by atoms with E-state index in [1.165, 1.54) is 0 Å². The highest BCUT2D eigenvalue weighted by Crippen LogP contribution is 2.33. The van der Waals surface area contributed by atoms with Crippen molar-refractivity contribution >= 4 is 0 Å². The van der Waals surface area contributed by atoms with Gasteiger partial charge < -0.3 is 0 Å². The molecule has 84 valence electrons. The van der Waals surface area contributed by atoms with Crippen LogP contribution in [0.3, 0.4) is 0 Å². The number of piperidine rings is 1. The van der Waals surface area contributed by atoms with Gasteiger partial charge in [-0.3, -0.25) is 4.90 Å². The standard InChI is InChI=1S/C11H21F2N/c1-4-10(3,5-2)14-8-6-11(12,13)7-9-14/h4-9H2,1-3H3. The van der Waals surface area contributed by atoms with Crippen molar-refractivity contribution in [1.29, 1.82) is 0 Å². The van der Waals surface area contributed by atoms with E-state index in [2.05, 4.69) is 25.7 Å². The number of hydrogen-bond donors (Lipinski definition) is 0. The molecule has 1 rings (SSSR count). The van der Waals surface area contributed by atoms with Crippen molar-refractivity contribution in [3.05, 3.63) is 0 Å². The summed E-state index contributed by atoms with van der Waals surface area (Å²) in [7, 11) is 0. The van der Waals surface area contributed by atoms with Gasteiger partial charge in [-0.1, -0.05) is 13.8 Å². The molecule has 1 saturated heterocycles. The van der Waals surface area contributed by atoms with Gasteiger partial charge in [-0.2, -0.15) is 0 Å². The van der Waals surface area contributed by atoms with Crippen LogP contribution in [0.4, 0.5) is 8.78 Å². The lowest BCUT2D eigenvalue weighted by Gasteiger charge is -2.44. The first-order valence-electron chi connectivity index (χ1n) is 5.56. The molecule has 0 aromatic heterocycles. The van der Waals surface area contributed by atoms with Crippen LogP contribution in [-0.2, 0) is 0 Å². The number of likely N-dealkylation sites (tertiary alicyclic amines) is 1. The summed E-state index contributed by atoms with van der Waals surface area (Å²) in [6.07, 6.45) is 2.13. The van der Waals surface area contributed by atoms with Crippen LogP contribution in [0.5, 0.6) is 0 Å². The maximum Gasteiger partial charge on any atom is 0.250 e. The van der Waals surface area contributed by atoms with Crippen LogP contribution in [-0.4, -0.2) is 29.5 Å². The zero-order valence-electron chi connectivity index (χ0n) is 9.45. The van der Waals surface area contributed by atoms with E-state index in [0.29, 0.717) is 13.1 Å². The van der Waals surface area contributed by atoms with Crippen LogP contribution < -0.4 is 0 Å². The van der Waals surface area contributed by atoms with Crippen LogP contribution in [0.25, 0.3) is 0 Å². The van der Waals surface area contributed by atoms with Gasteiger partial charge in [0, 0.05) is 31.5 Å². The summed E-state index contributed by atoms with van der Waals surface area (Å²) in [6.45, 7) is 7.54. The summed E-state index contributed by atoms with van der Waals surface area (Å²) in [4.78, 5) is 2.23. The van der Waals surface area contributed by atoms with Gasteiger partial charge in [0.25, 0.3) is 5.92 Å². The third kappa shape index (κ3) is 2.44. The Bertz CT molecular complexity index is 178. The zero-order valence-corrected chi connectivity index (χ0v) is 9.45. The Balaban J connectivity index is 2.56. The molecule has 14 heavy (non-hydrogen) atoms. The van der Waals surface area contributed by atoms with Crippen molar-refractivity contribution in [3.63, 3.8) is 0 Å². The van der Waals surface area contributed by atoms with Crippen molar-refractivity contribution in [3.8, 4) is 0 Å². The smallest absolute Gasteiger partial charge is 0.250 e. The Morgan fingerprint density at radius 2 is 1.57 bits per heavy atom. The predicted molar refractivity (Wildman–Crippen MR) is 54.7 cm³/mol. The van der Waals surface area contributed by atoms with Crippen molar-refractivity contribution < 1.29 is 8.78 Å². The van der Waals surface area contributed by atoms with E-state index in [4.69, 9.17) is 0 Å². The van der Waals surface area contributed by atoms with Gasteiger partial charge in [0.1, 0.15) is 0 Å². The molecule has 0 spiro atoms. The topological polar surface area (TPSA) is 3.24 Å². The molecule has 1 fully saturated rings. The quantitative estimate of drug-likeness (QED) is 0.683. The van der Waals surface area contributed by atoms with Crippen LogP contribution in [0.1, 0.15) is 46.5 Å². The Kier molecular flexibility index (Phi) is 3.51. The summed E-state index contributed by atoms with van der Waals surface area (Å²) >= 11 is 0. The fourth-order valence-electron chi connectivity index (χ4n) is 2.07. The first-order chi connectivity index (χ1) is 6.43. The largest absolute Gasteiger partial charge is 0.298 e. The number of nitrogens with zero attached hydrogens (tertiary/aromatic N) is 1. The lowest BCUT2D eigenvalue weighted by atomic mass is 9.90. The molecule has 0 bridgehead atoms. The summed E-state index contributed by atoms with van der Waals surface area (Å²) in [6, 6.07) is 0. The van der Waals surface area contributed by atoms with Gasteiger partial charge in [-0.15, -0.1) is 0 Å². The fourth-order valence-corrected chi connectivity index (χ4v) is 2.07. The van der Waals surface area contributed by atoms with E-state index in [9.17, 15) is 8.78 Å². The van der Waals surface area contributed by atoms with E-state index in [1.54, 1.807) is 0 Å². The molecule has 0 aromatic carbocycles. The fraction of sp³-hybridized carbons (Fsp3) is 1.00. The minimum Gasteiger partial charge on any atom is -0.298 e. The molecular formula is C11H21F2N. The van der Waals surface area contributed by atoms with E-state index in [0.717, 1.165) is 12.8 Å². The van der Waals surface area contributed by atoms with E-state index in [-0.39, 0.29) is 18.4 Å². The third-order valence-corrected chi connectivity index (χ3v) is 3.78. The van der Waals surface area contributed by atoms with Gasteiger partial charge in [-0.25, -0.2) is 8.78 Å². The predicted octanol–water partition coefficient (Wildman–Crippen LogP) is 3.30. The first kappa shape index (κ1) is 11.9. The normalized spacial score (nSPS) is 23.8. The van der Waals surface area contributed by atoms with E-state index >= 15 is 0 Å². The van der Waals surface area contributed by atoms with E-state index < -0.39 is 5.92 Å². The molecule has 0 unspecified atom stereocenters. The summed E-state index contributed by atoms with van der Waals surface area (Å²) in [5.41, 5.74) is 0.122. The second kappa shape index (κ2) is 4.13. The monoisotopic (exact) mass is 205 g/mol. The van der Waals surface area contributed by atoms with Crippen LogP contribution in [0.2, 0.25) is 0 Å². The molecule has 0 radical (unpaired) electrons. The molecule has 3 heteroatoms. The molecule has 1 heterocycles. The molecule has 0 atom stereocenters. The highest BCUT2D eigenvalue weighted by atomic mass is 19.3. The molecule has 0 saturated carbocycles. The second-order valence-corrected chi connectivity index (χ2v) is 4.55. The number of halogens is 2. The number of hydrogen-bond acceptors (Lipinski definition) is 1. The van der Waals surface area contributed by atoms with Crippen molar-refractivity contribution in [1.82, 2.24) is 4.90 Å². The average molecular weight is 205 g/mol. The van der Waals surface area contributed by atoms with Gasteiger partial charge >= 0.3 is 0 Å². The minimum atomic E-state index is -2.42. The molecule has 0 N–H and O–H groups in total. The Hall–Kier alpha value is -0.180. The molecular weight excluding hydrogens is 184 g/mol. The van der Waals surface area contributed by atoms with Crippen molar-refractivity contribution in [2.75, 3.05) is 13.1 Å². The van der Waals surface area contributed by atoms with E-state index in [1.807, 2.05) is 0 Å². The highest BCUT2D eigenvalue weighted by molar-refractivity contribution is 4.88. The highest BCUT2D eigenvalue weighted by Gasteiger charge is 2.39. The lowest BCUT2D eigenvalue weighted by Crippen LogP contribution is -2.51. The summed E-state index contributed by atoms with van der Waals surface area (Å²) in [5.74, 6) is -2.42. The lowest BCUT2D eigenvalue weighted by molar-refractivity contribution is -0.0776. The summed E-state index contributed by atoms with van der Waals surface area (Å²) in [5, 5.41) is 0. The van der Waals surface area contributed by atoms with Crippen LogP contribution in [0.15, 0.2) is 0 Å². The maximum atomic E-state index is 12.9. The summed E-state index contributed by atoms with van der Waals surface area (Å²) < 4.78 is 25.9. The maximum absolute atomic E-state index is 12.9. The molecule has 0 amide bonds. The van der Waals surface area contributed by atoms with Gasteiger partial charge in [-0.05, 0) is 19.8 Å². The molecule has 1 aliphatic heterocycles. The minimum absolute atomic E-state index is 0.0303. The molecule has 0 aliphatic carbocycles. The number of alkyl halides is 2. The molecule has 1 nitrogen and oxygen atoms in total. The SMILES string of the molecule is CCC(C)(CC)N1CCC(F)(F)CC1. The van der Waals surface area contributed by atoms with Crippen LogP contribution in [0, 0.1) is 0 Å². The first-order valence-corrected chi connectivity index (χ1v) is 5.56. The third-order valence-electron chi connectivity index (χ3n) is 3.78. The van der Waals surface area contributed by atoms with Crippen LogP contribution >= 0.6 is 0 Å². The second-order valence-electron chi connectivity index (χ2n) is 4.55. The van der Waals surface area contributed by atoms with Gasteiger partial charge in [0.15, 0.2) is 0 Å². The average Bonchev–Trinajstić information content (AvgIpc) is 2.16. The molecule has 0 aromatic rings. The van der Waals surface area contributed by atoms with Crippen molar-refractivity contribution in [2.45, 2.75) is 57.9 Å². The van der Waals surface area contributed by atoms with Gasteiger partial charge in [0.2, 0.25) is 0 Å². The Morgan fingerprint density at radius 3 is 1.93 bits per heavy atom. The zero-order chi connectivity index (χ0) is 10.8. The number of rotatable bonds is 3. The Morgan fingerprint density at radius 1 is 1.14 bits per heavy atom. The Labute approximate surface area is 85.5 Å². The molecule has 1 aliphatic rings. The van der Waals surface area contributed by atoms with Gasteiger partial charge in [0.05, 0.1) is 0 Å². The van der Waals surface area contributed by atoms with Crippen molar-refractivity contribution in [2.24, 2.45) is 0 Å².